The Kier molecular flexibility index (Phi) is 3.96. The molecule has 2 heterocycles. The summed E-state index contributed by atoms with van der Waals surface area (Å²) in [6.07, 6.45) is 2.17. The van der Waals surface area contributed by atoms with Gasteiger partial charge in [-0.25, -0.2) is 0 Å². The average molecular weight is 299 g/mol. The molecule has 3 rings (SSSR count). The summed E-state index contributed by atoms with van der Waals surface area (Å²) >= 11 is 0. The topological polar surface area (TPSA) is 70.8 Å². The minimum absolute atomic E-state index is 0.0391. The number of likely N-dealkylation sites (tertiary alicyclic amines) is 1. The van der Waals surface area contributed by atoms with E-state index >= 15 is 0 Å². The van der Waals surface area contributed by atoms with E-state index in [2.05, 4.69) is 0 Å². The van der Waals surface area contributed by atoms with E-state index in [1.165, 1.54) is 0 Å². The fourth-order valence-corrected chi connectivity index (χ4v) is 3.03. The van der Waals surface area contributed by atoms with Crippen LogP contribution >= 0.6 is 0 Å². The van der Waals surface area contributed by atoms with Crippen LogP contribution in [0.3, 0.4) is 0 Å². The summed E-state index contributed by atoms with van der Waals surface area (Å²) in [6, 6.07) is 12.4. The van der Waals surface area contributed by atoms with Gasteiger partial charge in [0.2, 0.25) is 5.91 Å². The zero-order valence-electron chi connectivity index (χ0n) is 12.0. The van der Waals surface area contributed by atoms with E-state index in [0.29, 0.717) is 12.2 Å². The van der Waals surface area contributed by atoms with E-state index in [0.717, 1.165) is 5.56 Å². The van der Waals surface area contributed by atoms with Crippen molar-refractivity contribution in [2.45, 2.75) is 25.4 Å². The molecule has 2 aromatic rings. The van der Waals surface area contributed by atoms with Gasteiger partial charge in [0, 0.05) is 6.42 Å². The number of amides is 1. The standard InChI is InChI=1S/C17H17NO4/c19-15-9-8-14(17(20)21)16(12-5-2-1-3-6-12)18(15)11-13-7-4-10-22-13/h1-7,10,14,16H,8-9,11H2,(H,20,21). The highest BCUT2D eigenvalue weighted by Crippen LogP contribution is 2.37. The van der Waals surface area contributed by atoms with E-state index in [4.69, 9.17) is 4.42 Å². The molecule has 2 unspecified atom stereocenters. The Balaban J connectivity index is 1.98. The molecule has 0 radical (unpaired) electrons. The Morgan fingerprint density at radius 3 is 2.64 bits per heavy atom. The fourth-order valence-electron chi connectivity index (χ4n) is 3.03. The highest BCUT2D eigenvalue weighted by Gasteiger charge is 2.40. The number of nitrogens with zero attached hydrogens (tertiary/aromatic N) is 1. The first-order chi connectivity index (χ1) is 10.7. The zero-order chi connectivity index (χ0) is 15.5. The quantitative estimate of drug-likeness (QED) is 0.942. The summed E-state index contributed by atoms with van der Waals surface area (Å²) in [5.41, 5.74) is 0.842. The second kappa shape index (κ2) is 6.05. The predicted octanol–water partition coefficient (Wildman–Crippen LogP) is 2.84. The number of carbonyl (C=O) groups is 2. The lowest BCUT2D eigenvalue weighted by atomic mass is 9.84. The largest absolute Gasteiger partial charge is 0.481 e. The molecule has 1 saturated heterocycles. The number of carboxylic acid groups (broad SMARTS) is 1. The van der Waals surface area contributed by atoms with Crippen molar-refractivity contribution >= 4 is 11.9 Å². The molecule has 1 aliphatic rings. The maximum Gasteiger partial charge on any atom is 0.308 e. The highest BCUT2D eigenvalue weighted by atomic mass is 16.4. The first-order valence-corrected chi connectivity index (χ1v) is 7.26. The van der Waals surface area contributed by atoms with Crippen molar-refractivity contribution in [3.8, 4) is 0 Å². The summed E-state index contributed by atoms with van der Waals surface area (Å²) < 4.78 is 5.32. The number of benzene rings is 1. The molecule has 2 atom stereocenters. The molecule has 22 heavy (non-hydrogen) atoms. The average Bonchev–Trinajstić information content (AvgIpc) is 3.03. The molecule has 1 amide bonds. The van der Waals surface area contributed by atoms with Gasteiger partial charge in [-0.3, -0.25) is 9.59 Å². The van der Waals surface area contributed by atoms with Gasteiger partial charge >= 0.3 is 5.97 Å². The summed E-state index contributed by atoms with van der Waals surface area (Å²) in [5, 5.41) is 9.54. The van der Waals surface area contributed by atoms with Crippen LogP contribution in [0.5, 0.6) is 0 Å². The summed E-state index contributed by atoms with van der Waals surface area (Å²) in [5.74, 6) is -0.857. The van der Waals surface area contributed by atoms with Gasteiger partial charge in [-0.1, -0.05) is 30.3 Å². The first-order valence-electron chi connectivity index (χ1n) is 7.26. The van der Waals surface area contributed by atoms with Gasteiger partial charge < -0.3 is 14.4 Å². The predicted molar refractivity (Wildman–Crippen MR) is 78.8 cm³/mol. The third-order valence-corrected chi connectivity index (χ3v) is 4.07. The van der Waals surface area contributed by atoms with E-state index in [1.54, 1.807) is 23.3 Å². The molecule has 1 aromatic carbocycles. The Morgan fingerprint density at radius 1 is 1.23 bits per heavy atom. The molecule has 0 bridgehead atoms. The smallest absolute Gasteiger partial charge is 0.308 e. The van der Waals surface area contributed by atoms with Gasteiger partial charge in [-0.05, 0) is 24.1 Å². The maximum absolute atomic E-state index is 12.4. The lowest BCUT2D eigenvalue weighted by Gasteiger charge is -2.39. The van der Waals surface area contributed by atoms with Crippen LogP contribution in [-0.4, -0.2) is 21.9 Å². The van der Waals surface area contributed by atoms with Gasteiger partial charge in [0.25, 0.3) is 0 Å². The van der Waals surface area contributed by atoms with Crippen molar-refractivity contribution in [1.29, 1.82) is 0 Å². The third-order valence-electron chi connectivity index (χ3n) is 4.07. The molecule has 1 aromatic heterocycles. The van der Waals surface area contributed by atoms with Crippen LogP contribution in [0.4, 0.5) is 0 Å². The van der Waals surface area contributed by atoms with E-state index in [9.17, 15) is 14.7 Å². The minimum atomic E-state index is -0.870. The molecule has 114 valence electrons. The van der Waals surface area contributed by atoms with Crippen molar-refractivity contribution in [2.75, 3.05) is 0 Å². The summed E-state index contributed by atoms with van der Waals surface area (Å²) in [6.45, 7) is 0.287. The van der Waals surface area contributed by atoms with Crippen LogP contribution in [0.2, 0.25) is 0 Å². The summed E-state index contributed by atoms with van der Waals surface area (Å²) in [4.78, 5) is 25.6. The Morgan fingerprint density at radius 2 is 2.00 bits per heavy atom. The first kappa shape index (κ1) is 14.4. The Hall–Kier alpha value is -2.56. The lowest BCUT2D eigenvalue weighted by Crippen LogP contribution is -2.44. The lowest BCUT2D eigenvalue weighted by molar-refractivity contribution is -0.152. The van der Waals surface area contributed by atoms with Crippen LogP contribution in [0.25, 0.3) is 0 Å². The normalized spacial score (nSPS) is 21.8. The minimum Gasteiger partial charge on any atom is -0.481 e. The number of furan rings is 1. The van der Waals surface area contributed by atoms with Crippen molar-refractivity contribution < 1.29 is 19.1 Å². The number of hydrogen-bond donors (Lipinski definition) is 1. The van der Waals surface area contributed by atoms with Crippen LogP contribution < -0.4 is 0 Å². The van der Waals surface area contributed by atoms with Crippen LogP contribution in [0.15, 0.2) is 53.1 Å². The Bertz CT molecular complexity index is 651. The molecule has 0 saturated carbocycles. The molecular weight excluding hydrogens is 282 g/mol. The molecule has 1 N–H and O–H groups in total. The van der Waals surface area contributed by atoms with Crippen molar-refractivity contribution in [2.24, 2.45) is 5.92 Å². The highest BCUT2D eigenvalue weighted by molar-refractivity contribution is 5.81. The molecule has 5 heteroatoms. The van der Waals surface area contributed by atoms with Gasteiger partial charge in [-0.2, -0.15) is 0 Å². The van der Waals surface area contributed by atoms with E-state index in [-0.39, 0.29) is 18.9 Å². The second-order valence-electron chi connectivity index (χ2n) is 5.44. The van der Waals surface area contributed by atoms with E-state index < -0.39 is 17.9 Å². The molecule has 0 spiro atoms. The number of carbonyl (C=O) groups excluding carboxylic acids is 1. The number of aliphatic carboxylic acids is 1. The van der Waals surface area contributed by atoms with E-state index in [1.807, 2.05) is 30.3 Å². The molecule has 0 aliphatic carbocycles. The maximum atomic E-state index is 12.4. The number of carboxylic acids is 1. The van der Waals surface area contributed by atoms with Gasteiger partial charge in [0.1, 0.15) is 5.76 Å². The molecular formula is C17H17NO4. The van der Waals surface area contributed by atoms with Crippen LogP contribution in [0.1, 0.15) is 30.2 Å². The Labute approximate surface area is 128 Å². The van der Waals surface area contributed by atoms with Gasteiger partial charge in [0.05, 0.1) is 24.8 Å². The fraction of sp³-hybridized carbons (Fsp3) is 0.294. The zero-order valence-corrected chi connectivity index (χ0v) is 12.0. The number of piperidine rings is 1. The SMILES string of the molecule is O=C(O)C1CCC(=O)N(Cc2ccco2)C1c1ccccc1. The van der Waals surface area contributed by atoms with Gasteiger partial charge in [0.15, 0.2) is 0 Å². The van der Waals surface area contributed by atoms with Crippen LogP contribution in [-0.2, 0) is 16.1 Å². The number of hydrogen-bond acceptors (Lipinski definition) is 3. The summed E-state index contributed by atoms with van der Waals surface area (Å²) in [7, 11) is 0. The molecule has 1 aliphatic heterocycles. The van der Waals surface area contributed by atoms with Crippen molar-refractivity contribution in [1.82, 2.24) is 4.90 Å². The van der Waals surface area contributed by atoms with Crippen molar-refractivity contribution in [3.05, 3.63) is 60.1 Å². The van der Waals surface area contributed by atoms with Crippen LogP contribution in [0, 0.1) is 5.92 Å². The number of rotatable bonds is 4. The monoisotopic (exact) mass is 299 g/mol. The third kappa shape index (κ3) is 2.74. The van der Waals surface area contributed by atoms with Gasteiger partial charge in [-0.15, -0.1) is 0 Å². The molecule has 1 fully saturated rings. The molecule has 5 nitrogen and oxygen atoms in total. The van der Waals surface area contributed by atoms with Crippen molar-refractivity contribution in [3.63, 3.8) is 0 Å². The second-order valence-corrected chi connectivity index (χ2v) is 5.44.